The molecule has 0 atom stereocenters. The minimum atomic E-state index is -3.86. The molecular weight excluding hydrogens is 277 g/mol. The number of anilines is 1. The Morgan fingerprint density at radius 2 is 1.95 bits per heavy atom. The number of nitrogens with one attached hydrogen (secondary N) is 1. The van der Waals surface area contributed by atoms with Gasteiger partial charge in [0.1, 0.15) is 0 Å². The van der Waals surface area contributed by atoms with Crippen LogP contribution in [0.5, 0.6) is 0 Å². The van der Waals surface area contributed by atoms with Crippen molar-refractivity contribution in [3.63, 3.8) is 0 Å². The first-order valence-corrected chi connectivity index (χ1v) is 7.04. The van der Waals surface area contributed by atoms with Crippen LogP contribution >= 0.6 is 0 Å². The molecule has 0 spiro atoms. The van der Waals surface area contributed by atoms with Gasteiger partial charge in [0, 0.05) is 12.2 Å². The summed E-state index contributed by atoms with van der Waals surface area (Å²) < 4.78 is 25.4. The first-order chi connectivity index (χ1) is 8.45. The monoisotopic (exact) mass is 293 g/mol. The van der Waals surface area contributed by atoms with E-state index in [1.165, 1.54) is 24.3 Å². The van der Waals surface area contributed by atoms with Gasteiger partial charge in [-0.1, -0.05) is 13.3 Å². The molecule has 0 amide bonds. The molecule has 0 aliphatic heterocycles. The van der Waals surface area contributed by atoms with Crippen molar-refractivity contribution >= 4 is 21.7 Å². The van der Waals surface area contributed by atoms with E-state index in [1.54, 1.807) is 0 Å². The Balaban J connectivity index is 0.00000324. The molecule has 0 aliphatic carbocycles. The zero-order chi connectivity index (χ0) is 13.6. The minimum absolute atomic E-state index is 0. The molecule has 1 aromatic carbocycles. The number of benzene rings is 1. The summed E-state index contributed by atoms with van der Waals surface area (Å²) in [5, 5.41) is 11.3. The van der Waals surface area contributed by atoms with E-state index >= 15 is 0 Å². The molecule has 19 heavy (non-hydrogen) atoms. The number of amidine groups is 1. The van der Waals surface area contributed by atoms with Crippen molar-refractivity contribution in [1.29, 1.82) is 0 Å². The van der Waals surface area contributed by atoms with Gasteiger partial charge in [0.05, 0.1) is 10.9 Å². The van der Waals surface area contributed by atoms with E-state index < -0.39 is 16.0 Å². The number of nitrogens with two attached hydrogens (primary N) is 1. The largest absolute Gasteiger partial charge is 1.00 e. The number of unbranched alkanes of at least 4 members (excludes halogenated alkanes) is 1. The normalized spacial score (nSPS) is 11.7. The third-order valence-corrected chi connectivity index (χ3v) is 3.52. The number of hydrogen-bond donors (Lipinski definition) is 2. The van der Waals surface area contributed by atoms with Crippen LogP contribution in [0.2, 0.25) is 0 Å². The number of nitrogens with zero attached hydrogens (tertiary/aromatic N) is 1. The molecule has 0 heterocycles. The van der Waals surface area contributed by atoms with Crippen LogP contribution in [0.25, 0.3) is 0 Å². The molecule has 0 saturated heterocycles. The van der Waals surface area contributed by atoms with Crippen LogP contribution in [-0.2, 0) is 10.0 Å². The Bertz CT molecular complexity index is 514. The van der Waals surface area contributed by atoms with E-state index in [0.29, 0.717) is 12.2 Å². The Morgan fingerprint density at radius 3 is 2.47 bits per heavy atom. The number of nitrogen functional groups attached to an aromatic ring is 1. The van der Waals surface area contributed by atoms with Crippen molar-refractivity contribution in [2.24, 2.45) is 4.99 Å². The van der Waals surface area contributed by atoms with Crippen molar-refractivity contribution in [3.8, 4) is 0 Å². The van der Waals surface area contributed by atoms with Crippen LogP contribution in [0.4, 0.5) is 5.69 Å². The Labute approximate surface area is 135 Å². The van der Waals surface area contributed by atoms with Gasteiger partial charge in [-0.2, -0.15) is 0 Å². The fourth-order valence-corrected chi connectivity index (χ4v) is 2.10. The van der Waals surface area contributed by atoms with Crippen molar-refractivity contribution in [2.75, 3.05) is 12.3 Å². The minimum Gasteiger partial charge on any atom is -0.846 e. The zero-order valence-electron chi connectivity index (χ0n) is 11.1. The fourth-order valence-electron chi connectivity index (χ4n) is 1.19. The van der Waals surface area contributed by atoms with E-state index in [-0.39, 0.29) is 34.5 Å². The number of aliphatic imine (C=N–C) groups is 1. The van der Waals surface area contributed by atoms with E-state index in [4.69, 9.17) is 5.73 Å². The summed E-state index contributed by atoms with van der Waals surface area (Å²) in [6.45, 7) is 2.28. The molecule has 0 unspecified atom stereocenters. The van der Waals surface area contributed by atoms with E-state index in [9.17, 15) is 13.5 Å². The van der Waals surface area contributed by atoms with Gasteiger partial charge in [0.15, 0.2) is 0 Å². The Kier molecular flexibility index (Phi) is 8.08. The van der Waals surface area contributed by atoms with Gasteiger partial charge in [0.25, 0.3) is 10.0 Å². The molecule has 0 aromatic heterocycles. The van der Waals surface area contributed by atoms with E-state index in [0.717, 1.165) is 12.8 Å². The standard InChI is InChI=1S/C11H17N3O3S.Na/c1-2-3-8-13-11(15)14-18(16,17)10-6-4-9(12)5-7-10;/h4-7H,2-3,8,12H2,1H3,(H2,13,14,15);/q;+1/p-1. The van der Waals surface area contributed by atoms with E-state index in [2.05, 4.69) is 4.99 Å². The predicted molar refractivity (Wildman–Crippen MR) is 68.4 cm³/mol. The van der Waals surface area contributed by atoms with Crippen LogP contribution in [0.1, 0.15) is 19.8 Å². The summed E-state index contributed by atoms with van der Waals surface area (Å²) in [6, 6.07) is 4.72. The van der Waals surface area contributed by atoms with Gasteiger partial charge < -0.3 is 10.8 Å². The summed E-state index contributed by atoms with van der Waals surface area (Å²) in [5.41, 5.74) is 5.90. The maximum Gasteiger partial charge on any atom is 1.00 e. The third-order valence-electron chi connectivity index (χ3n) is 2.18. The molecule has 8 heteroatoms. The zero-order valence-corrected chi connectivity index (χ0v) is 13.9. The van der Waals surface area contributed by atoms with Crippen molar-refractivity contribution in [1.82, 2.24) is 4.72 Å². The smallest absolute Gasteiger partial charge is 0.846 e. The summed E-state index contributed by atoms with van der Waals surface area (Å²) in [5.74, 6) is 0. The molecule has 6 nitrogen and oxygen atoms in total. The van der Waals surface area contributed by atoms with Crippen molar-refractivity contribution in [3.05, 3.63) is 24.3 Å². The molecule has 3 N–H and O–H groups in total. The second kappa shape index (κ2) is 8.42. The number of hydrogen-bond acceptors (Lipinski definition) is 5. The van der Waals surface area contributed by atoms with Crippen LogP contribution < -0.4 is 45.1 Å². The molecular formula is C11H16N3NaO3S. The van der Waals surface area contributed by atoms with Crippen LogP contribution in [0.3, 0.4) is 0 Å². The van der Waals surface area contributed by atoms with Gasteiger partial charge in [-0.05, 0) is 30.7 Å². The third kappa shape index (κ3) is 6.29. The maximum atomic E-state index is 11.8. The SMILES string of the molecule is CCCCN=C([O-])NS(=O)(=O)c1ccc(N)cc1.[Na+]. The molecule has 0 saturated carbocycles. The van der Waals surface area contributed by atoms with Crippen molar-refractivity contribution in [2.45, 2.75) is 24.7 Å². The second-order valence-corrected chi connectivity index (χ2v) is 5.40. The summed E-state index contributed by atoms with van der Waals surface area (Å²) in [6.07, 6.45) is 1.64. The predicted octanol–water partition coefficient (Wildman–Crippen LogP) is -2.93. The molecule has 0 fully saturated rings. The molecule has 1 rings (SSSR count). The van der Waals surface area contributed by atoms with Crippen LogP contribution in [0.15, 0.2) is 34.2 Å². The second-order valence-electron chi connectivity index (χ2n) is 3.71. The van der Waals surface area contributed by atoms with Crippen molar-refractivity contribution < 1.29 is 43.1 Å². The maximum absolute atomic E-state index is 11.8. The quantitative estimate of drug-likeness (QED) is 0.199. The van der Waals surface area contributed by atoms with Gasteiger partial charge in [-0.25, -0.2) is 8.42 Å². The van der Waals surface area contributed by atoms with Gasteiger partial charge in [-0.3, -0.25) is 9.71 Å². The topological polar surface area (TPSA) is 108 Å². The molecule has 100 valence electrons. The van der Waals surface area contributed by atoms with Crippen LogP contribution in [-0.4, -0.2) is 21.0 Å². The molecule has 1 aromatic rings. The molecule has 0 bridgehead atoms. The Hall–Kier alpha value is -0.760. The average molecular weight is 293 g/mol. The summed E-state index contributed by atoms with van der Waals surface area (Å²) in [7, 11) is -3.86. The molecule has 0 aliphatic rings. The number of sulfonamides is 1. The first kappa shape index (κ1) is 18.2. The number of rotatable bonds is 5. The first-order valence-electron chi connectivity index (χ1n) is 5.55. The van der Waals surface area contributed by atoms with Gasteiger partial charge in [0.2, 0.25) is 0 Å². The van der Waals surface area contributed by atoms with E-state index in [1.807, 2.05) is 11.6 Å². The van der Waals surface area contributed by atoms with Gasteiger partial charge >= 0.3 is 29.6 Å². The summed E-state index contributed by atoms with van der Waals surface area (Å²) in [4.78, 5) is 3.57. The van der Waals surface area contributed by atoms with Gasteiger partial charge in [-0.15, -0.1) is 0 Å². The summed E-state index contributed by atoms with van der Waals surface area (Å²) >= 11 is 0. The fraction of sp³-hybridized carbons (Fsp3) is 0.364. The molecule has 0 radical (unpaired) electrons. The Morgan fingerprint density at radius 1 is 1.37 bits per heavy atom. The average Bonchev–Trinajstić information content (AvgIpc) is 2.29. The van der Waals surface area contributed by atoms with Crippen LogP contribution in [0, 0.1) is 0 Å².